The molecule has 158 valence electrons. The van der Waals surface area contributed by atoms with Crippen LogP contribution < -0.4 is 9.47 Å². The predicted octanol–water partition coefficient (Wildman–Crippen LogP) is 4.09. The van der Waals surface area contributed by atoms with Crippen molar-refractivity contribution >= 4 is 17.5 Å². The molecular formula is C25H22O6. The van der Waals surface area contributed by atoms with E-state index in [1.807, 2.05) is 60.7 Å². The van der Waals surface area contributed by atoms with Crippen LogP contribution in [0.4, 0.5) is 0 Å². The van der Waals surface area contributed by atoms with Crippen LogP contribution in [0.1, 0.15) is 33.5 Å². The first-order valence-corrected chi connectivity index (χ1v) is 9.68. The summed E-state index contributed by atoms with van der Waals surface area (Å²) in [5, 5.41) is 8.89. The van der Waals surface area contributed by atoms with Crippen molar-refractivity contribution in [2.45, 2.75) is 19.4 Å². The van der Waals surface area contributed by atoms with Gasteiger partial charge in [-0.2, -0.15) is 0 Å². The number of carbonyl (C=O) groups is 3. The Morgan fingerprint density at radius 1 is 0.839 bits per heavy atom. The molecule has 3 rings (SSSR count). The van der Waals surface area contributed by atoms with Crippen molar-refractivity contribution in [3.63, 3.8) is 0 Å². The van der Waals surface area contributed by atoms with E-state index in [2.05, 4.69) is 0 Å². The molecule has 0 fully saturated rings. The van der Waals surface area contributed by atoms with Gasteiger partial charge in [-0.25, -0.2) is 4.79 Å². The van der Waals surface area contributed by atoms with Crippen molar-refractivity contribution in [1.82, 2.24) is 0 Å². The van der Waals surface area contributed by atoms with Gasteiger partial charge in [0.25, 0.3) is 0 Å². The number of ether oxygens (including phenoxy) is 2. The highest BCUT2D eigenvalue weighted by Gasteiger charge is 2.24. The number of hydrogen-bond acceptors (Lipinski definition) is 5. The van der Waals surface area contributed by atoms with Gasteiger partial charge in [-0.05, 0) is 35.2 Å². The van der Waals surface area contributed by atoms with Crippen LogP contribution >= 0.6 is 0 Å². The van der Waals surface area contributed by atoms with Crippen LogP contribution in [0.3, 0.4) is 0 Å². The lowest BCUT2D eigenvalue weighted by molar-refractivity contribution is -0.148. The average molecular weight is 418 g/mol. The first-order chi connectivity index (χ1) is 15.0. The summed E-state index contributed by atoms with van der Waals surface area (Å²) in [6.45, 7) is 0.183. The van der Waals surface area contributed by atoms with Gasteiger partial charge in [-0.15, -0.1) is 0 Å². The van der Waals surface area contributed by atoms with E-state index >= 15 is 0 Å². The van der Waals surface area contributed by atoms with Crippen LogP contribution in [-0.4, -0.2) is 29.8 Å². The summed E-state index contributed by atoms with van der Waals surface area (Å²) < 4.78 is 11.4. The molecule has 0 aromatic heterocycles. The molecule has 3 aromatic rings. The van der Waals surface area contributed by atoms with Gasteiger partial charge in [0.05, 0.1) is 19.1 Å². The summed E-state index contributed by atoms with van der Waals surface area (Å²) in [5.74, 6) is -2.93. The molecule has 31 heavy (non-hydrogen) atoms. The molecule has 3 aromatic carbocycles. The van der Waals surface area contributed by atoms with Crippen molar-refractivity contribution in [3.05, 3.63) is 95.1 Å². The van der Waals surface area contributed by atoms with E-state index < -0.39 is 24.0 Å². The van der Waals surface area contributed by atoms with Crippen LogP contribution in [-0.2, 0) is 22.6 Å². The number of carbonyl (C=O) groups excluding carboxylic acids is 2. The molecule has 6 nitrogen and oxygen atoms in total. The average Bonchev–Trinajstić information content (AvgIpc) is 2.78. The van der Waals surface area contributed by atoms with Gasteiger partial charge >= 0.3 is 5.97 Å². The fourth-order valence-corrected chi connectivity index (χ4v) is 3.15. The first kappa shape index (κ1) is 21.8. The highest BCUT2D eigenvalue weighted by Crippen LogP contribution is 2.35. The highest BCUT2D eigenvalue weighted by molar-refractivity contribution is 6.37. The van der Waals surface area contributed by atoms with E-state index in [9.17, 15) is 14.4 Å². The molecule has 0 radical (unpaired) electrons. The SMILES string of the molecule is COc1cc(Cc2ccccc2)cc(C(=O)CC(=O)C(=O)O)c1OCc1ccccc1. The van der Waals surface area contributed by atoms with Gasteiger partial charge in [0.15, 0.2) is 17.3 Å². The van der Waals surface area contributed by atoms with Crippen molar-refractivity contribution in [1.29, 1.82) is 0 Å². The minimum absolute atomic E-state index is 0.121. The molecule has 0 saturated carbocycles. The van der Waals surface area contributed by atoms with Gasteiger partial charge in [-0.3, -0.25) is 9.59 Å². The summed E-state index contributed by atoms with van der Waals surface area (Å²) in [7, 11) is 1.47. The molecule has 0 heterocycles. The highest BCUT2D eigenvalue weighted by atomic mass is 16.5. The van der Waals surface area contributed by atoms with E-state index in [1.54, 1.807) is 12.1 Å². The Morgan fingerprint density at radius 2 is 1.45 bits per heavy atom. The second kappa shape index (κ2) is 10.2. The minimum Gasteiger partial charge on any atom is -0.493 e. The third-order valence-corrected chi connectivity index (χ3v) is 4.67. The molecule has 0 aliphatic heterocycles. The van der Waals surface area contributed by atoms with Gasteiger partial charge in [0.1, 0.15) is 6.61 Å². The van der Waals surface area contributed by atoms with E-state index in [1.165, 1.54) is 7.11 Å². The largest absolute Gasteiger partial charge is 0.493 e. The topological polar surface area (TPSA) is 89.9 Å². The number of methoxy groups -OCH3 is 1. The maximum absolute atomic E-state index is 12.8. The summed E-state index contributed by atoms with van der Waals surface area (Å²) in [6.07, 6.45) is -0.224. The number of aliphatic carboxylic acids is 1. The normalized spacial score (nSPS) is 10.4. The third-order valence-electron chi connectivity index (χ3n) is 4.67. The van der Waals surface area contributed by atoms with Crippen LogP contribution in [0.5, 0.6) is 11.5 Å². The number of hydrogen-bond donors (Lipinski definition) is 1. The molecule has 6 heteroatoms. The molecule has 0 bridgehead atoms. The Hall–Kier alpha value is -3.93. The Morgan fingerprint density at radius 3 is 2.03 bits per heavy atom. The van der Waals surface area contributed by atoms with Gasteiger partial charge in [-0.1, -0.05) is 60.7 Å². The van der Waals surface area contributed by atoms with Crippen molar-refractivity contribution in [2.24, 2.45) is 0 Å². The van der Waals surface area contributed by atoms with Crippen LogP contribution in [0.25, 0.3) is 0 Å². The standard InChI is InChI=1S/C25H22O6/c1-30-23-14-19(12-17-8-4-2-5-9-17)13-20(21(26)15-22(27)25(28)29)24(23)31-16-18-10-6-3-7-11-18/h2-11,13-14H,12,15-16H2,1H3,(H,28,29). The molecule has 0 spiro atoms. The molecule has 0 unspecified atom stereocenters. The summed E-state index contributed by atoms with van der Waals surface area (Å²) in [6, 6.07) is 22.5. The molecule has 0 aliphatic carbocycles. The first-order valence-electron chi connectivity index (χ1n) is 9.68. The fourth-order valence-electron chi connectivity index (χ4n) is 3.15. The smallest absolute Gasteiger partial charge is 0.372 e. The molecule has 1 N–H and O–H groups in total. The van der Waals surface area contributed by atoms with E-state index in [0.29, 0.717) is 12.2 Å². The lowest BCUT2D eigenvalue weighted by Gasteiger charge is -2.17. The molecule has 0 amide bonds. The quantitative estimate of drug-likeness (QED) is 0.303. The Kier molecular flexibility index (Phi) is 7.17. The lowest BCUT2D eigenvalue weighted by Crippen LogP contribution is -2.18. The maximum atomic E-state index is 12.8. The van der Waals surface area contributed by atoms with Crippen molar-refractivity contribution in [2.75, 3.05) is 7.11 Å². The monoisotopic (exact) mass is 418 g/mol. The molecule has 0 saturated heterocycles. The Balaban J connectivity index is 1.98. The lowest BCUT2D eigenvalue weighted by atomic mass is 9.97. The summed E-state index contributed by atoms with van der Waals surface area (Å²) in [4.78, 5) is 35.4. The van der Waals surface area contributed by atoms with Crippen molar-refractivity contribution in [3.8, 4) is 11.5 Å². The molecular weight excluding hydrogens is 396 g/mol. The Bertz CT molecular complexity index is 1070. The zero-order chi connectivity index (χ0) is 22.2. The van der Waals surface area contributed by atoms with Crippen LogP contribution in [0.15, 0.2) is 72.8 Å². The predicted molar refractivity (Wildman–Crippen MR) is 115 cm³/mol. The number of benzene rings is 3. The van der Waals surface area contributed by atoms with Gasteiger partial charge in [0, 0.05) is 0 Å². The molecule has 0 aliphatic rings. The third kappa shape index (κ3) is 5.79. The second-order valence-corrected chi connectivity index (χ2v) is 6.94. The zero-order valence-electron chi connectivity index (χ0n) is 17.0. The minimum atomic E-state index is -1.65. The number of rotatable bonds is 10. The maximum Gasteiger partial charge on any atom is 0.372 e. The summed E-state index contributed by atoms with van der Waals surface area (Å²) in [5.41, 5.74) is 2.82. The zero-order valence-corrected chi connectivity index (χ0v) is 17.0. The van der Waals surface area contributed by atoms with Crippen LogP contribution in [0, 0.1) is 0 Å². The van der Waals surface area contributed by atoms with E-state index in [4.69, 9.17) is 14.6 Å². The number of Topliss-reactive ketones (excluding diaryl/α,β-unsaturated/α-hetero) is 2. The van der Waals surface area contributed by atoms with E-state index in [0.717, 1.165) is 16.7 Å². The molecule has 0 atom stereocenters. The van der Waals surface area contributed by atoms with Gasteiger partial charge < -0.3 is 14.6 Å². The number of carboxylic acid groups (broad SMARTS) is 1. The van der Waals surface area contributed by atoms with Gasteiger partial charge in [0.2, 0.25) is 5.78 Å². The summed E-state index contributed by atoms with van der Waals surface area (Å²) >= 11 is 0. The van der Waals surface area contributed by atoms with Crippen LogP contribution in [0.2, 0.25) is 0 Å². The fraction of sp³-hybridized carbons (Fsp3) is 0.160. The number of carboxylic acids is 1. The Labute approximate surface area is 180 Å². The second-order valence-electron chi connectivity index (χ2n) is 6.94. The van der Waals surface area contributed by atoms with E-state index in [-0.39, 0.29) is 17.9 Å². The number of ketones is 2. The van der Waals surface area contributed by atoms with Crippen molar-refractivity contribution < 1.29 is 29.0 Å².